The fourth-order valence-corrected chi connectivity index (χ4v) is 2.50. The average molecular weight is 484 g/mol. The van der Waals surface area contributed by atoms with E-state index in [1.54, 1.807) is 23.8 Å². The number of aryl methyl sites for hydroxylation is 1. The second-order valence-electron chi connectivity index (χ2n) is 5.91. The monoisotopic (exact) mass is 484 g/mol. The maximum Gasteiger partial charge on any atom is 0.250 e. The molecule has 0 radical (unpaired) electrons. The molecule has 0 amide bonds. The van der Waals surface area contributed by atoms with Crippen LogP contribution in [0.15, 0.2) is 58.4 Å². The number of ether oxygens (including phenoxy) is 1. The molecule has 0 saturated carbocycles. The molecule has 148 valence electrons. The zero-order valence-electron chi connectivity index (χ0n) is 16.0. The van der Waals surface area contributed by atoms with Crippen LogP contribution < -0.4 is 20.9 Å². The third-order valence-electron chi connectivity index (χ3n) is 3.94. The van der Waals surface area contributed by atoms with Crippen molar-refractivity contribution in [2.75, 3.05) is 20.2 Å². The Balaban J connectivity index is 0.00000364. The van der Waals surface area contributed by atoms with Gasteiger partial charge in [-0.25, -0.2) is 4.99 Å². The second-order valence-corrected chi connectivity index (χ2v) is 5.91. The summed E-state index contributed by atoms with van der Waals surface area (Å²) in [6.45, 7) is 5.02. The highest BCUT2D eigenvalue weighted by Gasteiger charge is 1.99. The van der Waals surface area contributed by atoms with E-state index >= 15 is 0 Å². The van der Waals surface area contributed by atoms with Crippen molar-refractivity contribution in [1.29, 1.82) is 0 Å². The quantitative estimate of drug-likeness (QED) is 0.249. The van der Waals surface area contributed by atoms with Crippen molar-refractivity contribution >= 4 is 29.9 Å². The Morgan fingerprint density at radius 2 is 1.89 bits per heavy atom. The Hall–Kier alpha value is -2.03. The molecule has 2 aromatic rings. The van der Waals surface area contributed by atoms with Crippen LogP contribution in [-0.4, -0.2) is 30.7 Å². The zero-order valence-corrected chi connectivity index (χ0v) is 18.3. The van der Waals surface area contributed by atoms with Gasteiger partial charge in [-0.05, 0) is 43.5 Å². The molecule has 0 atom stereocenters. The van der Waals surface area contributed by atoms with Crippen LogP contribution in [0.1, 0.15) is 25.3 Å². The van der Waals surface area contributed by atoms with Crippen molar-refractivity contribution in [2.45, 2.75) is 32.9 Å². The van der Waals surface area contributed by atoms with E-state index in [9.17, 15) is 4.79 Å². The number of pyridine rings is 1. The number of hydrogen-bond donors (Lipinski definition) is 2. The van der Waals surface area contributed by atoms with Crippen LogP contribution in [-0.2, 0) is 13.1 Å². The summed E-state index contributed by atoms with van der Waals surface area (Å²) >= 11 is 0. The van der Waals surface area contributed by atoms with Crippen LogP contribution in [0.2, 0.25) is 0 Å². The summed E-state index contributed by atoms with van der Waals surface area (Å²) in [7, 11) is 1.66. The molecule has 0 aliphatic heterocycles. The van der Waals surface area contributed by atoms with Crippen molar-refractivity contribution in [2.24, 2.45) is 4.99 Å². The van der Waals surface area contributed by atoms with E-state index in [1.807, 2.05) is 43.5 Å². The lowest BCUT2D eigenvalue weighted by molar-refractivity contribution is 0.414. The molecular weight excluding hydrogens is 455 g/mol. The molecule has 0 bridgehead atoms. The van der Waals surface area contributed by atoms with Gasteiger partial charge in [-0.2, -0.15) is 0 Å². The normalized spacial score (nSPS) is 10.8. The summed E-state index contributed by atoms with van der Waals surface area (Å²) in [5, 5.41) is 6.59. The highest BCUT2D eigenvalue weighted by molar-refractivity contribution is 14.0. The SMILES string of the molecule is CCNC(=NCc1ccc(OC)cc1)NCCCCn1ccccc1=O.I. The van der Waals surface area contributed by atoms with E-state index in [0.717, 1.165) is 49.7 Å². The molecule has 0 saturated heterocycles. The van der Waals surface area contributed by atoms with Gasteiger partial charge in [-0.1, -0.05) is 18.2 Å². The van der Waals surface area contributed by atoms with Crippen molar-refractivity contribution in [3.63, 3.8) is 0 Å². The predicted octanol–water partition coefficient (Wildman–Crippen LogP) is 3.01. The third kappa shape index (κ3) is 8.47. The largest absolute Gasteiger partial charge is 0.497 e. The van der Waals surface area contributed by atoms with E-state index in [-0.39, 0.29) is 29.5 Å². The molecule has 0 aliphatic rings. The minimum absolute atomic E-state index is 0. The molecule has 0 unspecified atom stereocenters. The lowest BCUT2D eigenvalue weighted by Gasteiger charge is -2.11. The molecule has 1 aromatic heterocycles. The van der Waals surface area contributed by atoms with E-state index in [0.29, 0.717) is 6.54 Å². The summed E-state index contributed by atoms with van der Waals surface area (Å²) in [4.78, 5) is 16.3. The fraction of sp³-hybridized carbons (Fsp3) is 0.400. The molecule has 0 aliphatic carbocycles. The van der Waals surface area contributed by atoms with Crippen molar-refractivity contribution in [1.82, 2.24) is 15.2 Å². The first-order valence-corrected chi connectivity index (χ1v) is 9.03. The predicted molar refractivity (Wildman–Crippen MR) is 121 cm³/mol. The van der Waals surface area contributed by atoms with Gasteiger partial charge < -0.3 is 19.9 Å². The topological polar surface area (TPSA) is 67.7 Å². The van der Waals surface area contributed by atoms with Gasteiger partial charge in [-0.3, -0.25) is 4.79 Å². The van der Waals surface area contributed by atoms with Crippen molar-refractivity contribution < 1.29 is 4.74 Å². The van der Waals surface area contributed by atoms with Crippen molar-refractivity contribution in [3.8, 4) is 5.75 Å². The Morgan fingerprint density at radius 1 is 1.11 bits per heavy atom. The van der Waals surface area contributed by atoms with Gasteiger partial charge in [-0.15, -0.1) is 24.0 Å². The van der Waals surface area contributed by atoms with E-state index < -0.39 is 0 Å². The van der Waals surface area contributed by atoms with Crippen LogP contribution in [0.5, 0.6) is 5.75 Å². The number of guanidine groups is 1. The van der Waals surface area contributed by atoms with Crippen LogP contribution >= 0.6 is 24.0 Å². The molecule has 1 aromatic carbocycles. The summed E-state index contributed by atoms with van der Waals surface area (Å²) in [6.07, 6.45) is 3.74. The lowest BCUT2D eigenvalue weighted by Crippen LogP contribution is -2.37. The molecule has 2 rings (SSSR count). The zero-order chi connectivity index (χ0) is 18.6. The molecule has 0 spiro atoms. The molecule has 7 heteroatoms. The first kappa shape index (κ1) is 23.0. The molecule has 6 nitrogen and oxygen atoms in total. The summed E-state index contributed by atoms with van der Waals surface area (Å²) in [5.41, 5.74) is 1.18. The van der Waals surface area contributed by atoms with Gasteiger partial charge in [0, 0.05) is 31.9 Å². The Bertz CT molecular complexity index is 744. The van der Waals surface area contributed by atoms with Crippen molar-refractivity contribution in [3.05, 3.63) is 64.6 Å². The second kappa shape index (κ2) is 13.2. The number of aliphatic imine (C=N–C) groups is 1. The van der Waals surface area contributed by atoms with Crippen LogP contribution in [0.25, 0.3) is 0 Å². The minimum Gasteiger partial charge on any atom is -0.497 e. The Kier molecular flexibility index (Phi) is 11.2. The molecule has 27 heavy (non-hydrogen) atoms. The number of aromatic nitrogens is 1. The number of benzene rings is 1. The first-order valence-electron chi connectivity index (χ1n) is 9.03. The molecule has 1 heterocycles. The summed E-state index contributed by atoms with van der Waals surface area (Å²) < 4.78 is 6.91. The number of nitrogens with one attached hydrogen (secondary N) is 2. The number of unbranched alkanes of at least 4 members (excludes halogenated alkanes) is 1. The molecular formula is C20H29IN4O2. The van der Waals surface area contributed by atoms with Gasteiger partial charge in [0.05, 0.1) is 13.7 Å². The van der Waals surface area contributed by atoms with Gasteiger partial charge >= 0.3 is 0 Å². The summed E-state index contributed by atoms with van der Waals surface area (Å²) in [6, 6.07) is 13.2. The molecule has 2 N–H and O–H groups in total. The summed E-state index contributed by atoms with van der Waals surface area (Å²) in [5.74, 6) is 1.65. The van der Waals surface area contributed by atoms with Gasteiger partial charge in [0.25, 0.3) is 0 Å². The first-order chi connectivity index (χ1) is 12.7. The number of rotatable bonds is 9. The highest BCUT2D eigenvalue weighted by Crippen LogP contribution is 2.11. The fourth-order valence-electron chi connectivity index (χ4n) is 2.50. The van der Waals surface area contributed by atoms with E-state index in [4.69, 9.17) is 4.74 Å². The van der Waals surface area contributed by atoms with Crippen LogP contribution in [0.4, 0.5) is 0 Å². The minimum atomic E-state index is 0. The Labute approximate surface area is 178 Å². The van der Waals surface area contributed by atoms with E-state index in [2.05, 4.69) is 15.6 Å². The maximum absolute atomic E-state index is 11.6. The lowest BCUT2D eigenvalue weighted by atomic mass is 10.2. The standard InChI is InChI=1S/C20H28N4O2.HI/c1-3-21-20(23-16-17-9-11-18(26-2)12-10-17)22-13-5-7-15-24-14-6-4-8-19(24)25;/h4,6,8-12,14H,3,5,7,13,15-16H2,1-2H3,(H2,21,22,23);1H. The maximum atomic E-state index is 11.6. The smallest absolute Gasteiger partial charge is 0.250 e. The number of hydrogen-bond acceptors (Lipinski definition) is 3. The number of halogens is 1. The number of nitrogens with zero attached hydrogens (tertiary/aromatic N) is 2. The Morgan fingerprint density at radius 3 is 2.56 bits per heavy atom. The van der Waals surface area contributed by atoms with Gasteiger partial charge in [0.15, 0.2) is 5.96 Å². The van der Waals surface area contributed by atoms with Gasteiger partial charge in [0.2, 0.25) is 5.56 Å². The van der Waals surface area contributed by atoms with E-state index in [1.165, 1.54) is 0 Å². The highest BCUT2D eigenvalue weighted by atomic mass is 127. The van der Waals surface area contributed by atoms with Crippen LogP contribution in [0, 0.1) is 0 Å². The molecule has 0 fully saturated rings. The third-order valence-corrected chi connectivity index (χ3v) is 3.94. The van der Waals surface area contributed by atoms with Crippen LogP contribution in [0.3, 0.4) is 0 Å². The average Bonchev–Trinajstić information content (AvgIpc) is 2.67. The van der Waals surface area contributed by atoms with Gasteiger partial charge in [0.1, 0.15) is 5.75 Å². The number of methoxy groups -OCH3 is 1.